The molecule has 0 fully saturated rings. The summed E-state index contributed by atoms with van der Waals surface area (Å²) in [6.07, 6.45) is 0.936. The van der Waals surface area contributed by atoms with Gasteiger partial charge in [0.25, 0.3) is 5.69 Å². The van der Waals surface area contributed by atoms with E-state index in [1.165, 1.54) is 12.1 Å². The second kappa shape index (κ2) is 9.62. The van der Waals surface area contributed by atoms with Gasteiger partial charge in [0.15, 0.2) is 11.6 Å². The fourth-order valence-corrected chi connectivity index (χ4v) is 3.25. The Bertz CT molecular complexity index is 1010. The maximum atomic E-state index is 11.1. The number of rotatable bonds is 9. The van der Waals surface area contributed by atoms with Crippen LogP contribution in [0.2, 0.25) is 0 Å². The summed E-state index contributed by atoms with van der Waals surface area (Å²) in [7, 11) is 4.05. The summed E-state index contributed by atoms with van der Waals surface area (Å²) in [6, 6.07) is 12.5. The minimum atomic E-state index is -0.426. The van der Waals surface area contributed by atoms with E-state index < -0.39 is 4.92 Å². The first-order valence-corrected chi connectivity index (χ1v) is 10.1. The number of fused-ring (bicyclic) bond motifs is 1. The normalized spacial score (nSPS) is 11.0. The summed E-state index contributed by atoms with van der Waals surface area (Å²) in [4.78, 5) is 22.0. The molecule has 0 aliphatic heterocycles. The van der Waals surface area contributed by atoms with Crippen molar-refractivity contribution in [1.29, 1.82) is 0 Å². The van der Waals surface area contributed by atoms with E-state index in [9.17, 15) is 10.1 Å². The second-order valence-corrected chi connectivity index (χ2v) is 7.73. The number of nitro groups is 1. The summed E-state index contributed by atoms with van der Waals surface area (Å²) in [5.41, 5.74) is 2.18. The monoisotopic (exact) mass is 458 g/mol. The van der Waals surface area contributed by atoms with Crippen LogP contribution < -0.4 is 10.6 Å². The SMILES string of the molecule is CN(C)CCCNc1nc2cc([N+](=O)[O-])ccc2nc1NCc1ccccc1Br. The van der Waals surface area contributed by atoms with Crippen LogP contribution in [0.1, 0.15) is 12.0 Å². The molecule has 0 spiro atoms. The van der Waals surface area contributed by atoms with Crippen molar-refractivity contribution >= 4 is 44.3 Å². The van der Waals surface area contributed by atoms with Crippen LogP contribution in [0.15, 0.2) is 46.9 Å². The van der Waals surface area contributed by atoms with Crippen molar-refractivity contribution in [1.82, 2.24) is 14.9 Å². The highest BCUT2D eigenvalue weighted by molar-refractivity contribution is 9.10. The fraction of sp³-hybridized carbons (Fsp3) is 0.300. The smallest absolute Gasteiger partial charge is 0.271 e. The topological polar surface area (TPSA) is 96.2 Å². The summed E-state index contributed by atoms with van der Waals surface area (Å²) in [5.74, 6) is 1.20. The third-order valence-corrected chi connectivity index (χ3v) is 5.11. The van der Waals surface area contributed by atoms with Gasteiger partial charge < -0.3 is 15.5 Å². The van der Waals surface area contributed by atoms with Gasteiger partial charge in [0.2, 0.25) is 0 Å². The maximum Gasteiger partial charge on any atom is 0.271 e. The molecule has 2 N–H and O–H groups in total. The Labute approximate surface area is 177 Å². The molecule has 0 atom stereocenters. The Balaban J connectivity index is 1.87. The molecule has 0 unspecified atom stereocenters. The van der Waals surface area contributed by atoms with E-state index in [1.54, 1.807) is 6.07 Å². The number of hydrogen-bond acceptors (Lipinski definition) is 7. The van der Waals surface area contributed by atoms with Crippen molar-refractivity contribution in [3.05, 3.63) is 62.6 Å². The van der Waals surface area contributed by atoms with Gasteiger partial charge in [-0.2, -0.15) is 0 Å². The molecule has 0 amide bonds. The van der Waals surface area contributed by atoms with Crippen LogP contribution in [0.5, 0.6) is 0 Å². The van der Waals surface area contributed by atoms with Crippen LogP contribution in [0, 0.1) is 10.1 Å². The van der Waals surface area contributed by atoms with E-state index >= 15 is 0 Å². The van der Waals surface area contributed by atoms with Crippen molar-refractivity contribution in [2.45, 2.75) is 13.0 Å². The molecule has 0 bridgehead atoms. The number of non-ortho nitro benzene ring substituents is 1. The number of nitrogens with zero attached hydrogens (tertiary/aromatic N) is 4. The second-order valence-electron chi connectivity index (χ2n) is 6.88. The molecule has 3 rings (SSSR count). The minimum Gasteiger partial charge on any atom is -0.367 e. The number of nitro benzene ring substituents is 1. The predicted molar refractivity (Wildman–Crippen MR) is 119 cm³/mol. The summed E-state index contributed by atoms with van der Waals surface area (Å²) in [5, 5.41) is 17.7. The molecule has 3 aromatic rings. The lowest BCUT2D eigenvalue weighted by Gasteiger charge is -2.15. The van der Waals surface area contributed by atoms with Gasteiger partial charge in [-0.3, -0.25) is 10.1 Å². The average Bonchev–Trinajstić information content (AvgIpc) is 2.69. The van der Waals surface area contributed by atoms with E-state index in [1.807, 2.05) is 38.4 Å². The zero-order chi connectivity index (χ0) is 20.8. The van der Waals surface area contributed by atoms with Gasteiger partial charge >= 0.3 is 0 Å². The van der Waals surface area contributed by atoms with Crippen molar-refractivity contribution in [3.63, 3.8) is 0 Å². The van der Waals surface area contributed by atoms with E-state index in [-0.39, 0.29) is 5.69 Å². The van der Waals surface area contributed by atoms with Crippen LogP contribution in [-0.4, -0.2) is 47.0 Å². The van der Waals surface area contributed by atoms with Crippen LogP contribution in [0.25, 0.3) is 11.0 Å². The third kappa shape index (κ3) is 5.61. The molecule has 9 heteroatoms. The summed E-state index contributed by atoms with van der Waals surface area (Å²) >= 11 is 3.55. The molecule has 0 aliphatic carbocycles. The Kier molecular flexibility index (Phi) is 6.95. The molecule has 1 heterocycles. The predicted octanol–water partition coefficient (Wildman–Crippen LogP) is 4.28. The number of benzene rings is 2. The van der Waals surface area contributed by atoms with E-state index in [0.29, 0.717) is 29.2 Å². The lowest BCUT2D eigenvalue weighted by molar-refractivity contribution is -0.384. The van der Waals surface area contributed by atoms with Crippen LogP contribution in [0.4, 0.5) is 17.3 Å². The number of hydrogen-bond donors (Lipinski definition) is 2. The largest absolute Gasteiger partial charge is 0.367 e. The first-order chi connectivity index (χ1) is 13.9. The van der Waals surface area contributed by atoms with Crippen molar-refractivity contribution in [2.75, 3.05) is 37.8 Å². The zero-order valence-corrected chi connectivity index (χ0v) is 17.9. The van der Waals surface area contributed by atoms with Gasteiger partial charge in [0, 0.05) is 29.7 Å². The van der Waals surface area contributed by atoms with Gasteiger partial charge in [-0.05, 0) is 44.8 Å². The molecule has 8 nitrogen and oxygen atoms in total. The van der Waals surface area contributed by atoms with Gasteiger partial charge in [0.05, 0.1) is 16.0 Å². The summed E-state index contributed by atoms with van der Waals surface area (Å²) in [6.45, 7) is 2.23. The van der Waals surface area contributed by atoms with Crippen LogP contribution in [-0.2, 0) is 6.54 Å². The van der Waals surface area contributed by atoms with E-state index in [4.69, 9.17) is 0 Å². The molecule has 2 aromatic carbocycles. The van der Waals surface area contributed by atoms with Gasteiger partial charge in [-0.25, -0.2) is 9.97 Å². The number of anilines is 2. The van der Waals surface area contributed by atoms with Crippen LogP contribution in [0.3, 0.4) is 0 Å². The average molecular weight is 459 g/mol. The number of halogens is 1. The van der Waals surface area contributed by atoms with Gasteiger partial charge in [0.1, 0.15) is 0 Å². The Morgan fingerprint density at radius 1 is 1.07 bits per heavy atom. The zero-order valence-electron chi connectivity index (χ0n) is 16.4. The molecule has 0 aliphatic rings. The summed E-state index contributed by atoms with van der Waals surface area (Å²) < 4.78 is 1.01. The van der Waals surface area contributed by atoms with E-state index in [0.717, 1.165) is 29.5 Å². The number of nitrogens with one attached hydrogen (secondary N) is 2. The van der Waals surface area contributed by atoms with Crippen LogP contribution >= 0.6 is 15.9 Å². The molecular weight excluding hydrogens is 436 g/mol. The third-order valence-electron chi connectivity index (χ3n) is 4.34. The highest BCUT2D eigenvalue weighted by Crippen LogP contribution is 2.26. The fourth-order valence-electron chi connectivity index (χ4n) is 2.83. The quantitative estimate of drug-likeness (QED) is 0.280. The maximum absolute atomic E-state index is 11.1. The molecular formula is C20H23BrN6O2. The molecule has 1 aromatic heterocycles. The Morgan fingerprint density at radius 2 is 1.79 bits per heavy atom. The Morgan fingerprint density at radius 3 is 2.52 bits per heavy atom. The standard InChI is InChI=1S/C20H23BrN6O2/c1-26(2)11-5-10-22-19-20(23-13-14-6-3-4-7-16(14)21)24-17-9-8-15(27(28)29)12-18(17)25-19/h3-4,6-9,12H,5,10-11,13H2,1-2H3,(H,22,25)(H,23,24). The van der Waals surface area contributed by atoms with Crippen molar-refractivity contribution < 1.29 is 4.92 Å². The minimum absolute atomic E-state index is 0.000664. The van der Waals surface area contributed by atoms with Crippen molar-refractivity contribution in [2.24, 2.45) is 0 Å². The Hall–Kier alpha value is -2.78. The lowest BCUT2D eigenvalue weighted by Crippen LogP contribution is -2.17. The van der Waals surface area contributed by atoms with Gasteiger partial charge in [-0.1, -0.05) is 34.1 Å². The molecule has 29 heavy (non-hydrogen) atoms. The lowest BCUT2D eigenvalue weighted by atomic mass is 10.2. The van der Waals surface area contributed by atoms with Gasteiger partial charge in [-0.15, -0.1) is 0 Å². The van der Waals surface area contributed by atoms with Crippen molar-refractivity contribution in [3.8, 4) is 0 Å². The first-order valence-electron chi connectivity index (χ1n) is 9.26. The molecule has 0 saturated heterocycles. The highest BCUT2D eigenvalue weighted by atomic mass is 79.9. The molecule has 0 radical (unpaired) electrons. The number of aromatic nitrogens is 2. The molecule has 152 valence electrons. The molecule has 0 saturated carbocycles. The van der Waals surface area contributed by atoms with E-state index in [2.05, 4.69) is 41.4 Å². The first kappa shape index (κ1) is 20.9. The highest BCUT2D eigenvalue weighted by Gasteiger charge is 2.13.